The largest absolute Gasteiger partial charge is 0.418 e. The second-order valence-electron chi connectivity index (χ2n) is 16.2. The minimum Gasteiger partial charge on any atom is -0.394 e. The van der Waals surface area contributed by atoms with E-state index >= 15 is 0 Å². The molecule has 0 bridgehead atoms. The lowest BCUT2D eigenvalue weighted by Crippen LogP contribution is -2.54. The molecule has 5 aromatic rings. The average molecular weight is 1020 g/mol. The van der Waals surface area contributed by atoms with E-state index in [1.807, 2.05) is 0 Å². The lowest BCUT2D eigenvalue weighted by atomic mass is 9.91. The van der Waals surface area contributed by atoms with Crippen molar-refractivity contribution in [3.63, 3.8) is 0 Å². The van der Waals surface area contributed by atoms with E-state index in [9.17, 15) is 56.1 Å². The zero-order valence-corrected chi connectivity index (χ0v) is 37.8. The van der Waals surface area contributed by atoms with Crippen molar-refractivity contribution in [2.45, 2.75) is 69.0 Å². The van der Waals surface area contributed by atoms with Gasteiger partial charge in [0.05, 0.1) is 30.7 Å². The van der Waals surface area contributed by atoms with Crippen molar-refractivity contribution < 1.29 is 70.3 Å². The quantitative estimate of drug-likeness (QED) is 0.0437. The number of benzene rings is 3. The molecule has 5 amide bonds. The molecule has 6 atom stereocenters. The normalized spacial score (nSPS) is 21.5. The number of aliphatic hydroxyl groups excluding tert-OH is 2. The number of imide groups is 1. The number of carbonyl (C=O) groups is 5. The molecular weight excluding hydrogens is 982 g/mol. The summed E-state index contributed by atoms with van der Waals surface area (Å²) in [5, 5.41) is 40.8. The van der Waals surface area contributed by atoms with Crippen LogP contribution in [0.1, 0.15) is 58.1 Å². The van der Waals surface area contributed by atoms with E-state index in [-0.39, 0.29) is 66.4 Å². The molecule has 2 aromatic heterocycles. The molecule has 0 aliphatic carbocycles. The van der Waals surface area contributed by atoms with Gasteiger partial charge < -0.3 is 40.0 Å². The van der Waals surface area contributed by atoms with Gasteiger partial charge in [0.15, 0.2) is 5.82 Å². The number of carbonyl (C=O) groups excluding carboxylic acids is 5. The number of halogens is 7. The van der Waals surface area contributed by atoms with Crippen molar-refractivity contribution >= 4 is 58.4 Å². The second-order valence-corrected chi connectivity index (χ2v) is 17.0. The Morgan fingerprint density at radius 3 is 2.50 bits per heavy atom. The first kappa shape index (κ1) is 49.9. The fourth-order valence-electron chi connectivity index (χ4n) is 8.26. The lowest BCUT2D eigenvalue weighted by molar-refractivity contribution is -0.223. The third kappa shape index (κ3) is 10.5. The summed E-state index contributed by atoms with van der Waals surface area (Å²) in [6.45, 7) is -1.04. The van der Waals surface area contributed by atoms with Crippen LogP contribution in [-0.4, -0.2) is 132 Å². The summed E-state index contributed by atoms with van der Waals surface area (Å²) in [4.78, 5) is 68.7. The minimum absolute atomic E-state index is 0.0583. The highest BCUT2D eigenvalue weighted by Gasteiger charge is 2.51. The third-order valence-electron chi connectivity index (χ3n) is 11.5. The molecule has 5 heterocycles. The number of rotatable bonds is 15. The SMILES string of the molecule is Cc1nc([C@@H]2O[C@H](CO)[C@H](O)[C@H](n3cc(-c4cc(F)c(Cl)c(F)c4)nn3)[C@H]2OCC(=O)NCCOCC(=O)Nc2ccc3c(c2)CN(C2CCC(=O)NC2=O)C3=O)n(-c2cc(Cl)ccc2C(F)(F)F)n1. The smallest absolute Gasteiger partial charge is 0.394 e. The summed E-state index contributed by atoms with van der Waals surface area (Å²) < 4.78 is 91.6. The number of hydrogen-bond donors (Lipinski definition) is 5. The molecule has 1 unspecified atom stereocenters. The van der Waals surface area contributed by atoms with E-state index in [4.69, 9.17) is 37.4 Å². The number of aromatic nitrogens is 6. The Morgan fingerprint density at radius 2 is 1.79 bits per heavy atom. The van der Waals surface area contributed by atoms with Crippen LogP contribution in [0.25, 0.3) is 16.9 Å². The molecule has 8 rings (SSSR count). The van der Waals surface area contributed by atoms with E-state index in [1.54, 1.807) is 6.07 Å². The molecule has 2 fully saturated rings. The zero-order chi connectivity index (χ0) is 50.2. The van der Waals surface area contributed by atoms with Crippen molar-refractivity contribution in [2.24, 2.45) is 0 Å². The van der Waals surface area contributed by atoms with Gasteiger partial charge in [-0.1, -0.05) is 28.4 Å². The Hall–Kier alpha value is -6.48. The fourth-order valence-corrected chi connectivity index (χ4v) is 8.54. The molecule has 5 N–H and O–H groups in total. The second kappa shape index (κ2) is 20.5. The number of anilines is 1. The predicted molar refractivity (Wildman–Crippen MR) is 231 cm³/mol. The predicted octanol–water partition coefficient (Wildman–Crippen LogP) is 3.39. The Kier molecular flexibility index (Phi) is 14.6. The zero-order valence-electron chi connectivity index (χ0n) is 36.3. The molecule has 27 heteroatoms. The number of nitrogens with one attached hydrogen (secondary N) is 3. The van der Waals surface area contributed by atoms with Crippen LogP contribution in [0.2, 0.25) is 10.0 Å². The van der Waals surface area contributed by atoms with Gasteiger partial charge in [0, 0.05) is 41.3 Å². The summed E-state index contributed by atoms with van der Waals surface area (Å²) in [5.74, 6) is -5.38. The Bertz CT molecular complexity index is 2850. The number of aliphatic hydroxyl groups is 2. The summed E-state index contributed by atoms with van der Waals surface area (Å²) >= 11 is 11.8. The number of hydrogen-bond acceptors (Lipinski definition) is 14. The molecule has 70 heavy (non-hydrogen) atoms. The first-order valence-electron chi connectivity index (χ1n) is 21.2. The topological polar surface area (TPSA) is 254 Å². The number of amides is 5. The molecule has 3 aliphatic rings. The average Bonchev–Trinajstić information content (AvgIpc) is 4.03. The molecule has 2 saturated heterocycles. The van der Waals surface area contributed by atoms with Gasteiger partial charge in [0.2, 0.25) is 23.6 Å². The summed E-state index contributed by atoms with van der Waals surface area (Å²) in [5.41, 5.74) is -0.768. The summed E-state index contributed by atoms with van der Waals surface area (Å²) in [7, 11) is 0. The molecule has 0 radical (unpaired) electrons. The Labute approximate surface area is 402 Å². The Morgan fingerprint density at radius 1 is 1.03 bits per heavy atom. The molecule has 20 nitrogen and oxygen atoms in total. The maximum atomic E-state index is 14.5. The number of fused-ring (bicyclic) bond motifs is 1. The number of alkyl halides is 3. The van der Waals surface area contributed by atoms with E-state index in [0.717, 1.165) is 45.9 Å². The minimum atomic E-state index is -4.92. The fraction of sp³-hybridized carbons (Fsp3) is 0.372. The molecule has 3 aromatic carbocycles. The van der Waals surface area contributed by atoms with Crippen LogP contribution < -0.4 is 16.0 Å². The maximum Gasteiger partial charge on any atom is 0.418 e. The van der Waals surface area contributed by atoms with Gasteiger partial charge in [-0.3, -0.25) is 29.3 Å². The first-order valence-corrected chi connectivity index (χ1v) is 21.9. The molecule has 0 saturated carbocycles. The molecular formula is C43H39Cl2F5N10O10. The first-order chi connectivity index (χ1) is 33.3. The third-order valence-corrected chi connectivity index (χ3v) is 12.1. The summed E-state index contributed by atoms with van der Waals surface area (Å²) in [6.07, 6.45) is -10.0. The van der Waals surface area contributed by atoms with Crippen LogP contribution in [0, 0.1) is 18.6 Å². The highest BCUT2D eigenvalue weighted by molar-refractivity contribution is 6.31. The van der Waals surface area contributed by atoms with Gasteiger partial charge in [-0.05, 0) is 67.4 Å². The van der Waals surface area contributed by atoms with E-state index in [1.165, 1.54) is 24.0 Å². The van der Waals surface area contributed by atoms with Crippen molar-refractivity contribution in [3.8, 4) is 16.9 Å². The molecule has 370 valence electrons. The standard InChI is InChI=1S/C43H39Cl2F5N10O10/c1-19-52-40(60(56-19)30-13-22(44)2-5-25(30)43(48,49)50)39-38(36(37(65)31(16-61)70-39)59-15-28(55-57-59)20-11-26(46)35(45)27(47)12-20)69-18-33(63)51-8-9-68-17-34(64)53-23-3-4-24-21(10-23)14-58(42(24)67)29-6-7-32(62)54-41(29)66/h2-5,10-13,15,29,31,36-39,61,65H,6-9,14,16-18H2,1H3,(H,51,63)(H,53,64)(H,54,62,66)/t29?,31-,36+,37+,38-,39-/m1/s1. The highest BCUT2D eigenvalue weighted by atomic mass is 35.5. The van der Waals surface area contributed by atoms with Gasteiger partial charge in [-0.25, -0.2) is 23.1 Å². The van der Waals surface area contributed by atoms with Crippen molar-refractivity contribution in [3.05, 3.63) is 105 Å². The summed E-state index contributed by atoms with van der Waals surface area (Å²) in [6, 6.07) is 6.78. The highest BCUT2D eigenvalue weighted by Crippen LogP contribution is 2.42. The number of aryl methyl sites for hydroxylation is 1. The van der Waals surface area contributed by atoms with E-state index < -0.39 is 114 Å². The van der Waals surface area contributed by atoms with Crippen LogP contribution >= 0.6 is 23.2 Å². The van der Waals surface area contributed by atoms with Crippen LogP contribution in [0.4, 0.5) is 27.6 Å². The van der Waals surface area contributed by atoms with Gasteiger partial charge in [-0.15, -0.1) is 5.10 Å². The number of ether oxygens (including phenoxy) is 3. The van der Waals surface area contributed by atoms with Crippen LogP contribution in [-0.2, 0) is 46.1 Å². The number of nitrogens with zero attached hydrogens (tertiary/aromatic N) is 7. The van der Waals surface area contributed by atoms with E-state index in [0.29, 0.717) is 16.8 Å². The van der Waals surface area contributed by atoms with Crippen molar-refractivity contribution in [1.82, 2.24) is 45.3 Å². The monoisotopic (exact) mass is 1020 g/mol. The van der Waals surface area contributed by atoms with Crippen molar-refractivity contribution in [1.29, 1.82) is 0 Å². The van der Waals surface area contributed by atoms with Crippen LogP contribution in [0.5, 0.6) is 0 Å². The van der Waals surface area contributed by atoms with Crippen LogP contribution in [0.15, 0.2) is 54.7 Å². The van der Waals surface area contributed by atoms with Gasteiger partial charge in [0.25, 0.3) is 5.91 Å². The number of piperidine rings is 1. The van der Waals surface area contributed by atoms with Gasteiger partial charge in [0.1, 0.15) is 77.9 Å². The molecule has 3 aliphatic heterocycles. The van der Waals surface area contributed by atoms with E-state index in [2.05, 4.69) is 36.3 Å². The maximum absolute atomic E-state index is 14.5. The lowest BCUT2D eigenvalue weighted by Gasteiger charge is -2.43. The van der Waals surface area contributed by atoms with Crippen molar-refractivity contribution in [2.75, 3.05) is 38.3 Å². The molecule has 0 spiro atoms. The van der Waals surface area contributed by atoms with Crippen LogP contribution in [0.3, 0.4) is 0 Å². The van der Waals surface area contributed by atoms with Gasteiger partial charge in [-0.2, -0.15) is 18.3 Å². The Balaban J connectivity index is 0.957. The van der Waals surface area contributed by atoms with Gasteiger partial charge >= 0.3 is 6.18 Å².